The van der Waals surface area contributed by atoms with E-state index in [1.54, 1.807) is 6.07 Å². The predicted octanol–water partition coefficient (Wildman–Crippen LogP) is 2.28. The molecule has 0 fully saturated rings. The zero-order chi connectivity index (χ0) is 11.3. The maximum absolute atomic E-state index is 13.3. The van der Waals surface area contributed by atoms with E-state index in [1.807, 2.05) is 0 Å². The van der Waals surface area contributed by atoms with E-state index < -0.39 is 11.9 Å². The standard InChI is InChI=1S/C12H13FO2/c1-3-4-7-15-10-5-6-11(9(2)14)12(13)8-10/h1,5-6,8-9,14H,4,7H2,2H3/t9-/m1/s1. The summed E-state index contributed by atoms with van der Waals surface area (Å²) >= 11 is 0. The van der Waals surface area contributed by atoms with Gasteiger partial charge in [0.25, 0.3) is 0 Å². The van der Waals surface area contributed by atoms with Crippen LogP contribution in [-0.4, -0.2) is 11.7 Å². The van der Waals surface area contributed by atoms with E-state index in [2.05, 4.69) is 5.92 Å². The Balaban J connectivity index is 2.70. The molecule has 0 saturated heterocycles. The van der Waals surface area contributed by atoms with Crippen LogP contribution in [-0.2, 0) is 0 Å². The average Bonchev–Trinajstić information content (AvgIpc) is 2.17. The molecule has 1 aromatic carbocycles. The molecule has 0 bridgehead atoms. The van der Waals surface area contributed by atoms with Crippen LogP contribution in [0, 0.1) is 18.2 Å². The fourth-order valence-electron chi connectivity index (χ4n) is 1.16. The fourth-order valence-corrected chi connectivity index (χ4v) is 1.16. The molecule has 15 heavy (non-hydrogen) atoms. The number of halogens is 1. The molecular weight excluding hydrogens is 195 g/mol. The first-order chi connectivity index (χ1) is 7.15. The van der Waals surface area contributed by atoms with Crippen molar-refractivity contribution in [1.82, 2.24) is 0 Å². The van der Waals surface area contributed by atoms with Gasteiger partial charge in [-0.1, -0.05) is 0 Å². The molecule has 0 amide bonds. The van der Waals surface area contributed by atoms with E-state index in [-0.39, 0.29) is 5.56 Å². The maximum Gasteiger partial charge on any atom is 0.132 e. The molecule has 1 rings (SSSR count). The number of aliphatic hydroxyl groups is 1. The van der Waals surface area contributed by atoms with Crippen LogP contribution in [0.3, 0.4) is 0 Å². The molecular formula is C12H13FO2. The fraction of sp³-hybridized carbons (Fsp3) is 0.333. The minimum absolute atomic E-state index is 0.263. The van der Waals surface area contributed by atoms with Gasteiger partial charge >= 0.3 is 0 Å². The summed E-state index contributed by atoms with van der Waals surface area (Å²) in [5, 5.41) is 9.20. The van der Waals surface area contributed by atoms with Crippen LogP contribution in [0.2, 0.25) is 0 Å². The zero-order valence-corrected chi connectivity index (χ0v) is 8.53. The van der Waals surface area contributed by atoms with Gasteiger partial charge in [-0.3, -0.25) is 0 Å². The van der Waals surface area contributed by atoms with Crippen molar-refractivity contribution < 1.29 is 14.2 Å². The lowest BCUT2D eigenvalue weighted by Gasteiger charge is -2.08. The van der Waals surface area contributed by atoms with Crippen molar-refractivity contribution in [2.75, 3.05) is 6.61 Å². The van der Waals surface area contributed by atoms with Gasteiger partial charge in [-0.05, 0) is 19.1 Å². The molecule has 0 aromatic heterocycles. The second-order valence-electron chi connectivity index (χ2n) is 3.16. The maximum atomic E-state index is 13.3. The van der Waals surface area contributed by atoms with Gasteiger partial charge in [-0.15, -0.1) is 12.3 Å². The molecule has 80 valence electrons. The highest BCUT2D eigenvalue weighted by atomic mass is 19.1. The van der Waals surface area contributed by atoms with Crippen molar-refractivity contribution in [2.24, 2.45) is 0 Å². The Kier molecular flexibility index (Phi) is 4.14. The first-order valence-electron chi connectivity index (χ1n) is 4.69. The molecule has 0 unspecified atom stereocenters. The van der Waals surface area contributed by atoms with Crippen LogP contribution in [0.5, 0.6) is 5.75 Å². The minimum Gasteiger partial charge on any atom is -0.492 e. The van der Waals surface area contributed by atoms with E-state index in [0.29, 0.717) is 18.8 Å². The van der Waals surface area contributed by atoms with Crippen molar-refractivity contribution in [1.29, 1.82) is 0 Å². The highest BCUT2D eigenvalue weighted by molar-refractivity contribution is 5.30. The van der Waals surface area contributed by atoms with Crippen molar-refractivity contribution in [2.45, 2.75) is 19.4 Å². The number of hydrogen-bond acceptors (Lipinski definition) is 2. The van der Waals surface area contributed by atoms with Crippen LogP contribution in [0.25, 0.3) is 0 Å². The zero-order valence-electron chi connectivity index (χ0n) is 8.53. The Morgan fingerprint density at radius 1 is 1.60 bits per heavy atom. The second-order valence-corrected chi connectivity index (χ2v) is 3.16. The Hall–Kier alpha value is -1.53. The number of ether oxygens (including phenoxy) is 1. The van der Waals surface area contributed by atoms with E-state index in [1.165, 1.54) is 19.1 Å². The molecule has 0 radical (unpaired) electrons. The topological polar surface area (TPSA) is 29.5 Å². The Morgan fingerprint density at radius 3 is 2.87 bits per heavy atom. The monoisotopic (exact) mass is 208 g/mol. The molecule has 0 heterocycles. The number of aliphatic hydroxyl groups excluding tert-OH is 1. The van der Waals surface area contributed by atoms with Gasteiger partial charge in [0.1, 0.15) is 11.6 Å². The summed E-state index contributed by atoms with van der Waals surface area (Å²) in [7, 11) is 0. The molecule has 0 aliphatic heterocycles. The molecule has 0 saturated carbocycles. The normalized spacial score (nSPS) is 11.9. The lowest BCUT2D eigenvalue weighted by molar-refractivity contribution is 0.194. The summed E-state index contributed by atoms with van der Waals surface area (Å²) in [6, 6.07) is 4.37. The second kappa shape index (κ2) is 5.38. The summed E-state index contributed by atoms with van der Waals surface area (Å²) in [6.45, 7) is 1.88. The largest absolute Gasteiger partial charge is 0.492 e. The van der Waals surface area contributed by atoms with Crippen LogP contribution in [0.15, 0.2) is 18.2 Å². The lowest BCUT2D eigenvalue weighted by Crippen LogP contribution is -1.99. The smallest absolute Gasteiger partial charge is 0.132 e. The number of rotatable bonds is 4. The van der Waals surface area contributed by atoms with Gasteiger partial charge in [0.15, 0.2) is 0 Å². The summed E-state index contributed by atoms with van der Waals surface area (Å²) in [5.74, 6) is 2.38. The van der Waals surface area contributed by atoms with E-state index >= 15 is 0 Å². The SMILES string of the molecule is C#CCCOc1ccc([C@@H](C)O)c(F)c1. The molecule has 0 aliphatic rings. The Morgan fingerprint density at radius 2 is 2.33 bits per heavy atom. The van der Waals surface area contributed by atoms with Crippen LogP contribution in [0.4, 0.5) is 4.39 Å². The third kappa shape index (κ3) is 3.26. The molecule has 2 nitrogen and oxygen atoms in total. The average molecular weight is 208 g/mol. The van der Waals surface area contributed by atoms with Gasteiger partial charge < -0.3 is 9.84 Å². The number of hydrogen-bond donors (Lipinski definition) is 1. The first kappa shape index (κ1) is 11.5. The van der Waals surface area contributed by atoms with Gasteiger partial charge in [-0.25, -0.2) is 4.39 Å². The van der Waals surface area contributed by atoms with Crippen LogP contribution < -0.4 is 4.74 Å². The van der Waals surface area contributed by atoms with E-state index in [4.69, 9.17) is 11.2 Å². The molecule has 0 spiro atoms. The molecule has 1 N–H and O–H groups in total. The van der Waals surface area contributed by atoms with Crippen LogP contribution >= 0.6 is 0 Å². The minimum atomic E-state index is -0.815. The summed E-state index contributed by atoms with van der Waals surface area (Å²) in [4.78, 5) is 0. The van der Waals surface area contributed by atoms with Crippen LogP contribution in [0.1, 0.15) is 25.0 Å². The number of terminal acetylenes is 1. The molecule has 1 atom stereocenters. The molecule has 1 aromatic rings. The van der Waals surface area contributed by atoms with Crippen molar-refractivity contribution >= 4 is 0 Å². The molecule has 3 heteroatoms. The highest BCUT2D eigenvalue weighted by Gasteiger charge is 2.08. The lowest BCUT2D eigenvalue weighted by atomic mass is 10.1. The summed E-state index contributed by atoms with van der Waals surface area (Å²) < 4.78 is 18.5. The number of benzene rings is 1. The van der Waals surface area contributed by atoms with Crippen molar-refractivity contribution in [3.05, 3.63) is 29.6 Å². The third-order valence-corrected chi connectivity index (χ3v) is 1.94. The highest BCUT2D eigenvalue weighted by Crippen LogP contribution is 2.21. The van der Waals surface area contributed by atoms with Crippen molar-refractivity contribution in [3.8, 4) is 18.1 Å². The van der Waals surface area contributed by atoms with E-state index in [0.717, 1.165) is 0 Å². The van der Waals surface area contributed by atoms with Crippen molar-refractivity contribution in [3.63, 3.8) is 0 Å². The quantitative estimate of drug-likeness (QED) is 0.607. The van der Waals surface area contributed by atoms with Gasteiger partial charge in [0.2, 0.25) is 0 Å². The van der Waals surface area contributed by atoms with Gasteiger partial charge in [-0.2, -0.15) is 0 Å². The summed E-state index contributed by atoms with van der Waals surface area (Å²) in [5.41, 5.74) is 0.263. The summed E-state index contributed by atoms with van der Waals surface area (Å²) in [6.07, 6.45) is 4.72. The Labute approximate surface area is 88.7 Å². The Bertz CT molecular complexity index is 366. The van der Waals surface area contributed by atoms with Gasteiger partial charge in [0, 0.05) is 18.1 Å². The predicted molar refractivity (Wildman–Crippen MR) is 56.0 cm³/mol. The first-order valence-corrected chi connectivity index (χ1v) is 4.69. The van der Waals surface area contributed by atoms with E-state index in [9.17, 15) is 9.50 Å². The van der Waals surface area contributed by atoms with Gasteiger partial charge in [0.05, 0.1) is 12.7 Å². The third-order valence-electron chi connectivity index (χ3n) is 1.94. The molecule has 0 aliphatic carbocycles.